The van der Waals surface area contributed by atoms with Gasteiger partial charge in [-0.3, -0.25) is 0 Å². The SMILES string of the molecule is CC1(O)CCC2(C)C(CCC3C2CCC2(C)C(c4ccno4)CCC32)C1. The van der Waals surface area contributed by atoms with Crippen LogP contribution in [0.4, 0.5) is 0 Å². The summed E-state index contributed by atoms with van der Waals surface area (Å²) in [6.07, 6.45) is 13.1. The highest BCUT2D eigenvalue weighted by molar-refractivity contribution is 5.17. The van der Waals surface area contributed by atoms with Crippen molar-refractivity contribution < 1.29 is 9.63 Å². The highest BCUT2D eigenvalue weighted by Gasteiger charge is 2.61. The topological polar surface area (TPSA) is 46.3 Å². The number of rotatable bonds is 1. The monoisotopic (exact) mass is 357 g/mol. The molecule has 0 saturated heterocycles. The zero-order valence-electron chi connectivity index (χ0n) is 16.7. The molecule has 0 bridgehead atoms. The van der Waals surface area contributed by atoms with Gasteiger partial charge in [-0.2, -0.15) is 0 Å². The fourth-order valence-electron chi connectivity index (χ4n) is 8.30. The Bertz CT molecular complexity index is 668. The van der Waals surface area contributed by atoms with E-state index >= 15 is 0 Å². The molecule has 0 spiro atoms. The summed E-state index contributed by atoms with van der Waals surface area (Å²) in [7, 11) is 0. The van der Waals surface area contributed by atoms with E-state index in [0.29, 0.717) is 16.7 Å². The van der Waals surface area contributed by atoms with Crippen LogP contribution >= 0.6 is 0 Å². The third kappa shape index (κ3) is 2.31. The molecule has 3 nitrogen and oxygen atoms in total. The Hall–Kier alpha value is -0.830. The van der Waals surface area contributed by atoms with Crippen molar-refractivity contribution in [3.63, 3.8) is 0 Å². The first-order valence-electron chi connectivity index (χ1n) is 11.0. The van der Waals surface area contributed by atoms with E-state index in [-0.39, 0.29) is 0 Å². The highest BCUT2D eigenvalue weighted by atomic mass is 16.5. The van der Waals surface area contributed by atoms with Crippen molar-refractivity contribution in [3.8, 4) is 0 Å². The summed E-state index contributed by atoms with van der Waals surface area (Å²) in [6, 6.07) is 2.10. The van der Waals surface area contributed by atoms with Gasteiger partial charge in [-0.15, -0.1) is 0 Å². The molecule has 0 radical (unpaired) electrons. The van der Waals surface area contributed by atoms with Crippen molar-refractivity contribution in [2.24, 2.45) is 34.5 Å². The van der Waals surface area contributed by atoms with Gasteiger partial charge in [0.1, 0.15) is 5.76 Å². The third-order valence-electron chi connectivity index (χ3n) is 9.75. The molecule has 4 aliphatic carbocycles. The van der Waals surface area contributed by atoms with Crippen LogP contribution in [-0.2, 0) is 0 Å². The second-order valence-corrected chi connectivity index (χ2v) is 10.9. The van der Waals surface area contributed by atoms with Gasteiger partial charge in [-0.25, -0.2) is 0 Å². The maximum Gasteiger partial charge on any atom is 0.140 e. The molecule has 4 aliphatic rings. The molecule has 1 aromatic rings. The van der Waals surface area contributed by atoms with E-state index in [9.17, 15) is 5.11 Å². The van der Waals surface area contributed by atoms with Crippen LogP contribution in [0.3, 0.4) is 0 Å². The van der Waals surface area contributed by atoms with Crippen LogP contribution in [0.15, 0.2) is 16.8 Å². The number of hydrogen-bond acceptors (Lipinski definition) is 3. The lowest BCUT2D eigenvalue weighted by molar-refractivity contribution is -0.144. The minimum atomic E-state index is -0.426. The third-order valence-corrected chi connectivity index (χ3v) is 9.75. The lowest BCUT2D eigenvalue weighted by Gasteiger charge is -2.61. The molecule has 1 N–H and O–H groups in total. The summed E-state index contributed by atoms with van der Waals surface area (Å²) in [5.41, 5.74) is 0.422. The normalized spacial score (nSPS) is 53.6. The van der Waals surface area contributed by atoms with Gasteiger partial charge in [0.25, 0.3) is 0 Å². The van der Waals surface area contributed by atoms with Crippen molar-refractivity contribution in [1.29, 1.82) is 0 Å². The van der Waals surface area contributed by atoms with Crippen LogP contribution in [0, 0.1) is 34.5 Å². The molecule has 1 heterocycles. The van der Waals surface area contributed by atoms with E-state index in [1.165, 1.54) is 44.9 Å². The van der Waals surface area contributed by atoms with E-state index in [1.807, 2.05) is 6.20 Å². The summed E-state index contributed by atoms with van der Waals surface area (Å²) >= 11 is 0. The van der Waals surface area contributed by atoms with Gasteiger partial charge in [-0.05, 0) is 99.2 Å². The maximum atomic E-state index is 10.6. The van der Waals surface area contributed by atoms with Crippen molar-refractivity contribution >= 4 is 0 Å². The average Bonchev–Trinajstić information content (AvgIpc) is 3.22. The lowest BCUT2D eigenvalue weighted by Crippen LogP contribution is -2.55. The molecule has 144 valence electrons. The number of hydrogen-bond donors (Lipinski definition) is 1. The van der Waals surface area contributed by atoms with Crippen LogP contribution in [0.25, 0.3) is 0 Å². The largest absolute Gasteiger partial charge is 0.390 e. The Morgan fingerprint density at radius 3 is 2.54 bits per heavy atom. The number of aromatic nitrogens is 1. The van der Waals surface area contributed by atoms with E-state index in [1.54, 1.807) is 0 Å². The molecule has 0 aliphatic heterocycles. The predicted octanol–water partition coefficient (Wildman–Crippen LogP) is 5.55. The standard InChI is InChI=1S/C23H35NO2/c1-21(25)11-12-22(2)15(14-21)4-5-16-17-6-7-19(20-9-13-24-26-20)23(17,3)10-8-18(16)22/h9,13,15-19,25H,4-8,10-12,14H2,1-3H3. The lowest BCUT2D eigenvalue weighted by atomic mass is 9.44. The Labute approximate surface area is 157 Å². The summed E-state index contributed by atoms with van der Waals surface area (Å²) in [6.45, 7) is 7.19. The fourth-order valence-corrected chi connectivity index (χ4v) is 8.30. The molecule has 4 fully saturated rings. The Balaban J connectivity index is 1.43. The number of fused-ring (bicyclic) bond motifs is 5. The Morgan fingerprint density at radius 2 is 1.77 bits per heavy atom. The molecule has 8 unspecified atom stereocenters. The van der Waals surface area contributed by atoms with E-state index in [0.717, 1.165) is 42.3 Å². The van der Waals surface area contributed by atoms with Crippen LogP contribution < -0.4 is 0 Å². The van der Waals surface area contributed by atoms with E-state index in [2.05, 4.69) is 32.0 Å². The van der Waals surface area contributed by atoms with Crippen LogP contribution in [0.1, 0.15) is 90.2 Å². The van der Waals surface area contributed by atoms with Crippen LogP contribution in [-0.4, -0.2) is 15.9 Å². The Kier molecular flexibility index (Phi) is 3.72. The minimum absolute atomic E-state index is 0.393. The highest BCUT2D eigenvalue weighted by Crippen LogP contribution is 2.69. The zero-order valence-corrected chi connectivity index (χ0v) is 16.7. The molecular formula is C23H35NO2. The van der Waals surface area contributed by atoms with Crippen molar-refractivity contribution in [2.45, 2.75) is 90.1 Å². The smallest absolute Gasteiger partial charge is 0.140 e. The molecule has 4 saturated carbocycles. The minimum Gasteiger partial charge on any atom is -0.390 e. The quantitative estimate of drug-likeness (QED) is 0.716. The van der Waals surface area contributed by atoms with Gasteiger partial charge in [0.2, 0.25) is 0 Å². The second-order valence-electron chi connectivity index (χ2n) is 10.9. The summed E-state index contributed by atoms with van der Waals surface area (Å²) < 4.78 is 5.62. The Morgan fingerprint density at radius 1 is 0.962 bits per heavy atom. The van der Waals surface area contributed by atoms with Crippen molar-refractivity contribution in [1.82, 2.24) is 5.16 Å². The van der Waals surface area contributed by atoms with Crippen LogP contribution in [0.2, 0.25) is 0 Å². The van der Waals surface area contributed by atoms with Crippen molar-refractivity contribution in [3.05, 3.63) is 18.0 Å². The molecule has 5 rings (SSSR count). The predicted molar refractivity (Wildman–Crippen MR) is 102 cm³/mol. The van der Waals surface area contributed by atoms with Crippen LogP contribution in [0.5, 0.6) is 0 Å². The van der Waals surface area contributed by atoms with Gasteiger partial charge in [0, 0.05) is 12.0 Å². The van der Waals surface area contributed by atoms with Gasteiger partial charge in [0.15, 0.2) is 0 Å². The van der Waals surface area contributed by atoms with E-state index in [4.69, 9.17) is 4.52 Å². The molecule has 0 amide bonds. The number of nitrogens with zero attached hydrogens (tertiary/aromatic N) is 1. The molecule has 1 aromatic heterocycles. The average molecular weight is 358 g/mol. The molecule has 0 aromatic carbocycles. The summed E-state index contributed by atoms with van der Waals surface area (Å²) in [5.74, 6) is 5.00. The fraction of sp³-hybridized carbons (Fsp3) is 0.870. The first-order chi connectivity index (χ1) is 12.3. The second kappa shape index (κ2) is 5.59. The van der Waals surface area contributed by atoms with Gasteiger partial charge in [0.05, 0.1) is 11.8 Å². The summed E-state index contributed by atoms with van der Waals surface area (Å²) in [4.78, 5) is 0. The van der Waals surface area contributed by atoms with Gasteiger partial charge < -0.3 is 9.63 Å². The first kappa shape index (κ1) is 17.3. The maximum absolute atomic E-state index is 10.6. The van der Waals surface area contributed by atoms with Gasteiger partial charge in [-0.1, -0.05) is 19.0 Å². The van der Waals surface area contributed by atoms with Gasteiger partial charge >= 0.3 is 0 Å². The molecular weight excluding hydrogens is 322 g/mol. The summed E-state index contributed by atoms with van der Waals surface area (Å²) in [5, 5.41) is 14.6. The molecule has 3 heteroatoms. The number of aliphatic hydroxyl groups is 1. The van der Waals surface area contributed by atoms with E-state index < -0.39 is 5.60 Å². The molecule has 8 atom stereocenters. The van der Waals surface area contributed by atoms with Crippen molar-refractivity contribution in [2.75, 3.05) is 0 Å². The first-order valence-corrected chi connectivity index (χ1v) is 11.0. The molecule has 26 heavy (non-hydrogen) atoms. The zero-order chi connectivity index (χ0) is 18.2.